The Labute approximate surface area is 286 Å². The van der Waals surface area contributed by atoms with Gasteiger partial charge in [-0.3, -0.25) is 24.0 Å². The third kappa shape index (κ3) is 9.65. The molecule has 4 rings (SSSR count). The number of alkyl halides is 3. The first kappa shape index (κ1) is 37.0. The summed E-state index contributed by atoms with van der Waals surface area (Å²) < 4.78 is 46.3. The molecule has 0 heterocycles. The second-order valence-corrected chi connectivity index (χ2v) is 11.7. The van der Waals surface area contributed by atoms with Crippen molar-refractivity contribution in [3.63, 3.8) is 0 Å². The lowest BCUT2D eigenvalue weighted by Gasteiger charge is -2.23. The van der Waals surface area contributed by atoms with Gasteiger partial charge in [0, 0.05) is 38.4 Å². The van der Waals surface area contributed by atoms with Crippen molar-refractivity contribution in [3.8, 4) is 11.1 Å². The molecular formula is C38H35F3N2O7. The van der Waals surface area contributed by atoms with Crippen LogP contribution in [0.4, 0.5) is 24.5 Å². The van der Waals surface area contributed by atoms with Crippen molar-refractivity contribution in [3.05, 3.63) is 119 Å². The van der Waals surface area contributed by atoms with Crippen LogP contribution in [-0.2, 0) is 31.7 Å². The van der Waals surface area contributed by atoms with Gasteiger partial charge in [0.25, 0.3) is 5.91 Å². The third-order valence-corrected chi connectivity index (χ3v) is 7.91. The number of nitrogens with zero attached hydrogens (tertiary/aromatic N) is 1. The molecule has 12 heteroatoms. The maximum absolute atomic E-state index is 13.7. The number of rotatable bonds is 15. The number of carboxylic acids is 1. The van der Waals surface area contributed by atoms with Crippen LogP contribution in [-0.4, -0.2) is 55.7 Å². The van der Waals surface area contributed by atoms with Crippen molar-refractivity contribution in [2.75, 3.05) is 30.9 Å². The van der Waals surface area contributed by atoms with E-state index in [2.05, 4.69) is 5.32 Å². The van der Waals surface area contributed by atoms with Gasteiger partial charge < -0.3 is 20.1 Å². The number of esters is 1. The number of Topliss-reactive ketones (excluding diaryl/α,β-unsaturated/α-hetero) is 1. The van der Waals surface area contributed by atoms with Gasteiger partial charge in [0.05, 0.1) is 42.0 Å². The van der Waals surface area contributed by atoms with Crippen LogP contribution in [0.2, 0.25) is 0 Å². The molecule has 0 aliphatic carbocycles. The molecule has 0 aliphatic rings. The van der Waals surface area contributed by atoms with Crippen molar-refractivity contribution >= 4 is 41.3 Å². The van der Waals surface area contributed by atoms with Crippen molar-refractivity contribution in [1.29, 1.82) is 0 Å². The van der Waals surface area contributed by atoms with E-state index in [4.69, 9.17) is 9.84 Å². The fourth-order valence-corrected chi connectivity index (χ4v) is 5.55. The van der Waals surface area contributed by atoms with E-state index in [1.807, 2.05) is 0 Å². The second-order valence-electron chi connectivity index (χ2n) is 11.7. The van der Waals surface area contributed by atoms with Crippen LogP contribution in [0, 0.1) is 0 Å². The topological polar surface area (TPSA) is 130 Å². The van der Waals surface area contributed by atoms with Gasteiger partial charge in [-0.2, -0.15) is 13.2 Å². The molecule has 1 unspecified atom stereocenters. The summed E-state index contributed by atoms with van der Waals surface area (Å²) in [7, 11) is 3.29. The zero-order valence-corrected chi connectivity index (χ0v) is 27.3. The van der Waals surface area contributed by atoms with Crippen LogP contribution in [0.3, 0.4) is 0 Å². The summed E-state index contributed by atoms with van der Waals surface area (Å²) in [6.45, 7) is -0.153. The van der Waals surface area contributed by atoms with E-state index < -0.39 is 35.5 Å². The highest BCUT2D eigenvalue weighted by molar-refractivity contribution is 6.11. The number of aliphatic carboxylic acids is 1. The summed E-state index contributed by atoms with van der Waals surface area (Å²) in [4.78, 5) is 64.1. The van der Waals surface area contributed by atoms with E-state index in [-0.39, 0.29) is 60.5 Å². The molecule has 0 spiro atoms. The number of benzene rings is 4. The lowest BCUT2D eigenvalue weighted by molar-refractivity contribution is -0.148. The molecule has 9 nitrogen and oxygen atoms in total. The molecule has 4 aromatic carbocycles. The van der Waals surface area contributed by atoms with Gasteiger partial charge in [0.1, 0.15) is 5.78 Å². The molecule has 0 aromatic heterocycles. The number of nitrogens with one attached hydrogen (secondary N) is 1. The summed E-state index contributed by atoms with van der Waals surface area (Å²) in [5.74, 6) is -3.49. The van der Waals surface area contributed by atoms with E-state index in [1.54, 1.807) is 85.7 Å². The quantitative estimate of drug-likeness (QED) is 0.0992. The van der Waals surface area contributed by atoms with Crippen LogP contribution < -0.4 is 10.2 Å². The summed E-state index contributed by atoms with van der Waals surface area (Å²) >= 11 is 0. The Balaban J connectivity index is 1.61. The van der Waals surface area contributed by atoms with Crippen LogP contribution in [0.15, 0.2) is 91.0 Å². The van der Waals surface area contributed by atoms with Gasteiger partial charge in [0.15, 0.2) is 6.29 Å². The smallest absolute Gasteiger partial charge is 0.416 e. The lowest BCUT2D eigenvalue weighted by Crippen LogP contribution is -2.21. The SMILES string of the molecule is CN(C)c1c(CC(=O)CC(COC(=O)CCC(=O)O)c2ccccc2)ccc(NC(=O)c2cc(C(F)(F)F)ccc2-c2ccccc2)c1C=O. The maximum atomic E-state index is 13.7. The predicted octanol–water partition coefficient (Wildman–Crippen LogP) is 7.20. The molecular weight excluding hydrogens is 653 g/mol. The van der Waals surface area contributed by atoms with E-state index >= 15 is 0 Å². The second kappa shape index (κ2) is 16.6. The number of ketones is 1. The Hall–Kier alpha value is -5.78. The Morgan fingerprint density at radius 3 is 2.16 bits per heavy atom. The highest BCUT2D eigenvalue weighted by atomic mass is 19.4. The number of amides is 1. The first-order chi connectivity index (χ1) is 23.8. The molecule has 1 atom stereocenters. The van der Waals surface area contributed by atoms with Gasteiger partial charge in [-0.25, -0.2) is 0 Å². The molecule has 1 amide bonds. The predicted molar refractivity (Wildman–Crippen MR) is 181 cm³/mol. The minimum absolute atomic E-state index is 0.0221. The number of hydrogen-bond acceptors (Lipinski definition) is 7. The Morgan fingerprint density at radius 2 is 1.56 bits per heavy atom. The summed E-state index contributed by atoms with van der Waals surface area (Å²) in [5, 5.41) is 11.4. The largest absolute Gasteiger partial charge is 0.481 e. The van der Waals surface area contributed by atoms with Crippen molar-refractivity contribution in [2.45, 2.75) is 37.8 Å². The van der Waals surface area contributed by atoms with Crippen LogP contribution >= 0.6 is 0 Å². The molecule has 0 radical (unpaired) electrons. The zero-order valence-electron chi connectivity index (χ0n) is 27.3. The van der Waals surface area contributed by atoms with Crippen molar-refractivity contribution in [2.24, 2.45) is 0 Å². The number of carbonyl (C=O) groups excluding carboxylic acids is 4. The van der Waals surface area contributed by atoms with Crippen molar-refractivity contribution in [1.82, 2.24) is 0 Å². The number of ether oxygens (including phenoxy) is 1. The molecule has 2 N–H and O–H groups in total. The van der Waals surface area contributed by atoms with Crippen LogP contribution in [0.1, 0.15) is 62.6 Å². The van der Waals surface area contributed by atoms with Gasteiger partial charge >= 0.3 is 18.1 Å². The highest BCUT2D eigenvalue weighted by Crippen LogP contribution is 2.35. The van der Waals surface area contributed by atoms with Crippen molar-refractivity contribution < 1.29 is 47.0 Å². The van der Waals surface area contributed by atoms with E-state index in [9.17, 15) is 37.1 Å². The molecule has 260 valence electrons. The number of carbonyl (C=O) groups is 5. The Kier molecular flexibility index (Phi) is 12.3. The molecule has 4 aromatic rings. The van der Waals surface area contributed by atoms with Gasteiger partial charge in [-0.1, -0.05) is 72.8 Å². The minimum Gasteiger partial charge on any atom is -0.481 e. The van der Waals surface area contributed by atoms with E-state index in [1.165, 1.54) is 12.1 Å². The van der Waals surface area contributed by atoms with Gasteiger partial charge in [-0.15, -0.1) is 0 Å². The lowest BCUT2D eigenvalue weighted by atomic mass is 9.91. The number of halogens is 3. The monoisotopic (exact) mass is 688 g/mol. The Morgan fingerprint density at radius 1 is 0.900 bits per heavy atom. The molecule has 0 bridgehead atoms. The first-order valence-electron chi connectivity index (χ1n) is 15.6. The summed E-state index contributed by atoms with van der Waals surface area (Å²) in [5.41, 5.74) is 1.10. The number of anilines is 2. The average molecular weight is 689 g/mol. The highest BCUT2D eigenvalue weighted by Gasteiger charge is 2.32. The maximum Gasteiger partial charge on any atom is 0.416 e. The summed E-state index contributed by atoms with van der Waals surface area (Å²) in [6.07, 6.45) is -5.07. The number of carboxylic acid groups (broad SMARTS) is 1. The normalized spacial score (nSPS) is 11.7. The number of aldehydes is 1. The fraction of sp³-hybridized carbons (Fsp3) is 0.237. The average Bonchev–Trinajstić information content (AvgIpc) is 3.09. The number of hydrogen-bond donors (Lipinski definition) is 2. The standard InChI is InChI=1S/C38H35F3N2O7/c1-43(2)36-26(19-29(45)20-27(24-9-5-3-6-10-24)23-50-35(48)18-17-34(46)47)13-16-33(32(36)22-44)42-37(49)31-21-28(38(39,40)41)14-15-30(31)25-11-7-4-8-12-25/h3-16,21-22,27H,17-20,23H2,1-2H3,(H,42,49)(H,46,47). The summed E-state index contributed by atoms with van der Waals surface area (Å²) in [6, 6.07) is 23.2. The first-order valence-corrected chi connectivity index (χ1v) is 15.6. The van der Waals surface area contributed by atoms with Gasteiger partial charge in [0.2, 0.25) is 0 Å². The van der Waals surface area contributed by atoms with Crippen LogP contribution in [0.5, 0.6) is 0 Å². The minimum atomic E-state index is -4.70. The van der Waals surface area contributed by atoms with E-state index in [0.29, 0.717) is 23.1 Å². The fourth-order valence-electron chi connectivity index (χ4n) is 5.55. The molecule has 0 aliphatic heterocycles. The molecule has 50 heavy (non-hydrogen) atoms. The van der Waals surface area contributed by atoms with Crippen LogP contribution in [0.25, 0.3) is 11.1 Å². The molecule has 0 fully saturated rings. The van der Waals surface area contributed by atoms with Gasteiger partial charge in [-0.05, 0) is 40.5 Å². The molecule has 0 saturated heterocycles. The zero-order chi connectivity index (χ0) is 36.4. The van der Waals surface area contributed by atoms with E-state index in [0.717, 1.165) is 17.7 Å². The third-order valence-electron chi connectivity index (χ3n) is 7.91. The molecule has 0 saturated carbocycles. The Bertz CT molecular complexity index is 1860.